The van der Waals surface area contributed by atoms with Gasteiger partial charge in [-0.15, -0.1) is 0 Å². The molecule has 0 amide bonds. The predicted molar refractivity (Wildman–Crippen MR) is 89.3 cm³/mol. The van der Waals surface area contributed by atoms with E-state index in [1.165, 1.54) is 44.2 Å². The summed E-state index contributed by atoms with van der Waals surface area (Å²) in [5.41, 5.74) is 1.47. The van der Waals surface area contributed by atoms with Gasteiger partial charge in [0.1, 0.15) is 5.75 Å². The number of aromatic hydroxyl groups is 1. The SMILES string of the molecule is CCC1(c2cccc(O)c2)CCCCN(CCOC2CC2)C1. The molecular formula is C19H29NO2. The molecule has 1 unspecified atom stereocenters. The Morgan fingerprint density at radius 1 is 1.32 bits per heavy atom. The monoisotopic (exact) mass is 303 g/mol. The number of benzene rings is 1. The Hall–Kier alpha value is -1.06. The van der Waals surface area contributed by atoms with Gasteiger partial charge in [0.15, 0.2) is 0 Å². The Morgan fingerprint density at radius 3 is 2.91 bits per heavy atom. The van der Waals surface area contributed by atoms with Crippen LogP contribution in [0.25, 0.3) is 0 Å². The Balaban J connectivity index is 1.70. The minimum atomic E-state index is 0.175. The van der Waals surface area contributed by atoms with E-state index in [9.17, 15) is 5.11 Å². The van der Waals surface area contributed by atoms with Crippen LogP contribution in [0.3, 0.4) is 0 Å². The predicted octanol–water partition coefficient (Wildman–Crippen LogP) is 3.70. The topological polar surface area (TPSA) is 32.7 Å². The number of phenolic OH excluding ortho intramolecular Hbond substituents is 1. The van der Waals surface area contributed by atoms with Crippen molar-refractivity contribution < 1.29 is 9.84 Å². The van der Waals surface area contributed by atoms with E-state index in [0.717, 1.165) is 26.1 Å². The van der Waals surface area contributed by atoms with Gasteiger partial charge in [0.2, 0.25) is 0 Å². The van der Waals surface area contributed by atoms with E-state index in [4.69, 9.17) is 4.74 Å². The molecule has 2 fully saturated rings. The fraction of sp³-hybridized carbons (Fsp3) is 0.684. The molecule has 0 spiro atoms. The minimum absolute atomic E-state index is 0.175. The van der Waals surface area contributed by atoms with Crippen molar-refractivity contribution in [2.24, 2.45) is 0 Å². The molecule has 3 rings (SSSR count). The number of hydrogen-bond acceptors (Lipinski definition) is 3. The van der Waals surface area contributed by atoms with Gasteiger partial charge >= 0.3 is 0 Å². The molecule has 2 aliphatic rings. The third kappa shape index (κ3) is 3.82. The van der Waals surface area contributed by atoms with Crippen molar-refractivity contribution in [2.75, 3.05) is 26.2 Å². The first-order chi connectivity index (χ1) is 10.7. The van der Waals surface area contributed by atoms with E-state index in [-0.39, 0.29) is 5.41 Å². The first kappa shape index (κ1) is 15.8. The maximum atomic E-state index is 9.87. The molecule has 122 valence electrons. The molecule has 1 saturated carbocycles. The highest BCUT2D eigenvalue weighted by Gasteiger charge is 2.34. The summed E-state index contributed by atoms with van der Waals surface area (Å²) in [6, 6.07) is 7.90. The van der Waals surface area contributed by atoms with Gasteiger partial charge < -0.3 is 14.7 Å². The molecular weight excluding hydrogens is 274 g/mol. The van der Waals surface area contributed by atoms with Crippen LogP contribution >= 0.6 is 0 Å². The summed E-state index contributed by atoms with van der Waals surface area (Å²) in [5, 5.41) is 9.87. The summed E-state index contributed by atoms with van der Waals surface area (Å²) >= 11 is 0. The maximum absolute atomic E-state index is 9.87. The Kier molecular flexibility index (Phi) is 5.04. The first-order valence-corrected chi connectivity index (χ1v) is 8.85. The lowest BCUT2D eigenvalue weighted by molar-refractivity contribution is 0.0857. The van der Waals surface area contributed by atoms with Crippen LogP contribution in [0.2, 0.25) is 0 Å². The van der Waals surface area contributed by atoms with Crippen molar-refractivity contribution >= 4 is 0 Å². The third-order valence-electron chi connectivity index (χ3n) is 5.33. The molecule has 1 aliphatic carbocycles. The van der Waals surface area contributed by atoms with Gasteiger partial charge in [-0.25, -0.2) is 0 Å². The molecule has 22 heavy (non-hydrogen) atoms. The van der Waals surface area contributed by atoms with Crippen LogP contribution in [0.5, 0.6) is 5.75 Å². The quantitative estimate of drug-likeness (QED) is 0.869. The summed E-state index contributed by atoms with van der Waals surface area (Å²) in [5.74, 6) is 0.387. The van der Waals surface area contributed by atoms with Crippen LogP contribution in [0, 0.1) is 0 Å². The highest BCUT2D eigenvalue weighted by molar-refractivity contribution is 5.33. The van der Waals surface area contributed by atoms with Gasteiger partial charge in [-0.05, 0) is 56.3 Å². The van der Waals surface area contributed by atoms with Crippen molar-refractivity contribution in [3.05, 3.63) is 29.8 Å². The average molecular weight is 303 g/mol. The van der Waals surface area contributed by atoms with Crippen LogP contribution in [0.15, 0.2) is 24.3 Å². The highest BCUT2D eigenvalue weighted by Crippen LogP contribution is 2.37. The molecule has 0 radical (unpaired) electrons. The first-order valence-electron chi connectivity index (χ1n) is 8.85. The zero-order chi connectivity index (χ0) is 15.4. The Labute approximate surface area is 134 Å². The lowest BCUT2D eigenvalue weighted by atomic mass is 9.74. The summed E-state index contributed by atoms with van der Waals surface area (Å²) < 4.78 is 5.84. The summed E-state index contributed by atoms with van der Waals surface area (Å²) in [6.45, 7) is 6.45. The Morgan fingerprint density at radius 2 is 2.18 bits per heavy atom. The molecule has 1 aliphatic heterocycles. The van der Waals surface area contributed by atoms with Crippen molar-refractivity contribution in [1.29, 1.82) is 0 Å². The molecule has 0 bridgehead atoms. The zero-order valence-corrected chi connectivity index (χ0v) is 13.8. The van der Waals surface area contributed by atoms with E-state index < -0.39 is 0 Å². The molecule has 1 heterocycles. The highest BCUT2D eigenvalue weighted by atomic mass is 16.5. The summed E-state index contributed by atoms with van der Waals surface area (Å²) in [6.07, 6.45) is 7.93. The third-order valence-corrected chi connectivity index (χ3v) is 5.33. The fourth-order valence-electron chi connectivity index (χ4n) is 3.72. The van der Waals surface area contributed by atoms with Gasteiger partial charge in [-0.3, -0.25) is 0 Å². The zero-order valence-electron chi connectivity index (χ0n) is 13.8. The normalized spacial score (nSPS) is 26.8. The van der Waals surface area contributed by atoms with Gasteiger partial charge in [-0.2, -0.15) is 0 Å². The maximum Gasteiger partial charge on any atom is 0.115 e. The number of ether oxygens (including phenoxy) is 1. The van der Waals surface area contributed by atoms with Crippen molar-refractivity contribution in [2.45, 2.75) is 57.0 Å². The molecule has 0 aromatic heterocycles. The molecule has 1 aromatic rings. The largest absolute Gasteiger partial charge is 0.508 e. The number of likely N-dealkylation sites (tertiary alicyclic amines) is 1. The van der Waals surface area contributed by atoms with Crippen molar-refractivity contribution in [1.82, 2.24) is 4.90 Å². The van der Waals surface area contributed by atoms with Crippen LogP contribution in [0.1, 0.15) is 51.0 Å². The van der Waals surface area contributed by atoms with E-state index in [2.05, 4.69) is 17.9 Å². The van der Waals surface area contributed by atoms with E-state index in [1.807, 2.05) is 12.1 Å². The minimum Gasteiger partial charge on any atom is -0.508 e. The second-order valence-electron chi connectivity index (χ2n) is 6.99. The smallest absolute Gasteiger partial charge is 0.115 e. The molecule has 1 aromatic carbocycles. The van der Waals surface area contributed by atoms with Gasteiger partial charge in [0, 0.05) is 18.5 Å². The summed E-state index contributed by atoms with van der Waals surface area (Å²) in [7, 11) is 0. The lowest BCUT2D eigenvalue weighted by Gasteiger charge is -2.36. The van der Waals surface area contributed by atoms with Gasteiger partial charge in [-0.1, -0.05) is 25.5 Å². The van der Waals surface area contributed by atoms with Crippen LogP contribution in [-0.4, -0.2) is 42.4 Å². The Bertz CT molecular complexity index is 486. The number of phenols is 1. The molecule has 3 nitrogen and oxygen atoms in total. The number of nitrogens with zero attached hydrogens (tertiary/aromatic N) is 1. The molecule has 3 heteroatoms. The fourth-order valence-corrected chi connectivity index (χ4v) is 3.72. The molecule has 1 N–H and O–H groups in total. The van der Waals surface area contributed by atoms with Gasteiger partial charge in [0.25, 0.3) is 0 Å². The van der Waals surface area contributed by atoms with Crippen molar-refractivity contribution in [3.8, 4) is 5.75 Å². The molecule has 1 saturated heterocycles. The van der Waals surface area contributed by atoms with Crippen molar-refractivity contribution in [3.63, 3.8) is 0 Å². The van der Waals surface area contributed by atoms with E-state index in [0.29, 0.717) is 11.9 Å². The second kappa shape index (κ2) is 7.01. The molecule has 1 atom stereocenters. The number of rotatable bonds is 6. The van der Waals surface area contributed by atoms with Gasteiger partial charge in [0.05, 0.1) is 12.7 Å². The number of hydrogen-bond donors (Lipinski definition) is 1. The average Bonchev–Trinajstić information content (AvgIpc) is 3.34. The van der Waals surface area contributed by atoms with Crippen LogP contribution in [-0.2, 0) is 10.2 Å². The lowest BCUT2D eigenvalue weighted by Crippen LogP contribution is -2.40. The standard InChI is InChI=1S/C19H29NO2/c1-2-19(16-6-5-7-17(21)14-16)10-3-4-11-20(15-19)12-13-22-18-8-9-18/h5-7,14,18,21H,2-4,8-13,15H2,1H3. The van der Waals surface area contributed by atoms with E-state index in [1.54, 1.807) is 6.07 Å². The van der Waals surface area contributed by atoms with E-state index >= 15 is 0 Å². The second-order valence-corrected chi connectivity index (χ2v) is 6.99. The van der Waals surface area contributed by atoms with Crippen LogP contribution < -0.4 is 0 Å². The summed E-state index contributed by atoms with van der Waals surface area (Å²) in [4.78, 5) is 2.57. The van der Waals surface area contributed by atoms with Crippen LogP contribution in [0.4, 0.5) is 0 Å².